The van der Waals surface area contributed by atoms with Gasteiger partial charge in [-0.05, 0) is 55.7 Å². The lowest BCUT2D eigenvalue weighted by atomic mass is 9.93. The number of carbonyl (C=O) groups excluding carboxylic acids is 2. The van der Waals surface area contributed by atoms with Gasteiger partial charge in [-0.3, -0.25) is 9.59 Å². The Morgan fingerprint density at radius 2 is 1.88 bits per heavy atom. The van der Waals surface area contributed by atoms with Gasteiger partial charge in [0.1, 0.15) is 17.0 Å². The molecule has 0 saturated heterocycles. The number of amides is 2. The van der Waals surface area contributed by atoms with Gasteiger partial charge in [0.05, 0.1) is 19.2 Å². The predicted octanol–water partition coefficient (Wildman–Crippen LogP) is 4.78. The molecule has 7 heteroatoms. The molecule has 0 spiro atoms. The highest BCUT2D eigenvalue weighted by molar-refractivity contribution is 6.30. The maximum absolute atomic E-state index is 13.8. The molecule has 33 heavy (non-hydrogen) atoms. The summed E-state index contributed by atoms with van der Waals surface area (Å²) in [5.41, 5.74) is 1.36. The number of benzene rings is 2. The van der Waals surface area contributed by atoms with Crippen LogP contribution >= 0.6 is 11.6 Å². The first-order chi connectivity index (χ1) is 15.9. The monoisotopic (exact) mass is 465 g/mol. The zero-order valence-electron chi connectivity index (χ0n) is 18.9. The lowest BCUT2D eigenvalue weighted by Gasteiger charge is -2.44. The number of carbonyl (C=O) groups is 2. The molecule has 1 aliphatic carbocycles. The van der Waals surface area contributed by atoms with E-state index in [1.807, 2.05) is 60.0 Å². The molecule has 2 aromatic carbocycles. The minimum absolute atomic E-state index is 0.105. The van der Waals surface area contributed by atoms with Gasteiger partial charge in [0, 0.05) is 29.1 Å². The molecule has 1 aromatic heterocycles. The number of fused-ring (bicyclic) bond motifs is 3. The Morgan fingerprint density at radius 3 is 2.58 bits per heavy atom. The third-order valence-corrected chi connectivity index (χ3v) is 7.32. The van der Waals surface area contributed by atoms with Gasteiger partial charge in [-0.1, -0.05) is 36.6 Å². The quantitative estimate of drug-likeness (QED) is 0.590. The summed E-state index contributed by atoms with van der Waals surface area (Å²) in [5.74, 6) is 0.458. The molecule has 6 nitrogen and oxygen atoms in total. The Bertz CT molecular complexity index is 1210. The largest absolute Gasteiger partial charge is 0.497 e. The van der Waals surface area contributed by atoms with E-state index in [1.54, 1.807) is 12.0 Å². The fourth-order valence-corrected chi connectivity index (χ4v) is 5.21. The van der Waals surface area contributed by atoms with E-state index in [-0.39, 0.29) is 17.9 Å². The lowest BCUT2D eigenvalue weighted by molar-refractivity contribution is -0.133. The Hall–Kier alpha value is -2.99. The van der Waals surface area contributed by atoms with E-state index in [0.717, 1.165) is 47.9 Å². The molecule has 5 rings (SSSR count). The standard InChI is InChI=1S/C26H28ClN3O3/c1-26(25(32)28-20-5-3-4-6-20)16-29-22-14-21(33-2)12-9-18(22)13-23(29)24(31)30(26)15-17-7-10-19(27)11-8-17/h7-14,20H,3-6,15-16H2,1-2H3,(H,28,32). The van der Waals surface area contributed by atoms with Crippen LogP contribution in [-0.4, -0.2) is 40.0 Å². The van der Waals surface area contributed by atoms with E-state index >= 15 is 0 Å². The fraction of sp³-hybridized carbons (Fsp3) is 0.385. The highest BCUT2D eigenvalue weighted by atomic mass is 35.5. The highest BCUT2D eigenvalue weighted by Gasteiger charge is 2.48. The molecular weight excluding hydrogens is 438 g/mol. The molecule has 1 atom stereocenters. The molecule has 0 bridgehead atoms. The van der Waals surface area contributed by atoms with Crippen LogP contribution in [0.3, 0.4) is 0 Å². The van der Waals surface area contributed by atoms with Gasteiger partial charge in [-0.15, -0.1) is 0 Å². The summed E-state index contributed by atoms with van der Waals surface area (Å²) < 4.78 is 7.37. The number of nitrogens with one attached hydrogen (secondary N) is 1. The summed E-state index contributed by atoms with van der Waals surface area (Å²) in [6.45, 7) is 2.58. The first-order valence-corrected chi connectivity index (χ1v) is 11.8. The lowest BCUT2D eigenvalue weighted by Crippen LogP contribution is -2.64. The van der Waals surface area contributed by atoms with Crippen LogP contribution in [-0.2, 0) is 17.9 Å². The molecule has 1 saturated carbocycles. The van der Waals surface area contributed by atoms with Gasteiger partial charge in [-0.2, -0.15) is 0 Å². The van der Waals surface area contributed by atoms with Crippen molar-refractivity contribution in [1.82, 2.24) is 14.8 Å². The number of hydrogen-bond acceptors (Lipinski definition) is 3. The second-order valence-electron chi connectivity index (χ2n) is 9.29. The van der Waals surface area contributed by atoms with Gasteiger partial charge in [0.25, 0.3) is 5.91 Å². The fourth-order valence-electron chi connectivity index (χ4n) is 5.09. The molecule has 1 unspecified atom stereocenters. The SMILES string of the molecule is COc1ccc2cc3n(c2c1)CC(C)(C(=O)NC1CCCC1)N(Cc1ccc(Cl)cc1)C3=O. The second kappa shape index (κ2) is 8.41. The summed E-state index contributed by atoms with van der Waals surface area (Å²) in [5, 5.41) is 4.82. The smallest absolute Gasteiger partial charge is 0.271 e. The first-order valence-electron chi connectivity index (χ1n) is 11.4. The van der Waals surface area contributed by atoms with Crippen molar-refractivity contribution in [2.45, 2.75) is 57.3 Å². The minimum atomic E-state index is -1.04. The molecule has 3 aromatic rings. The third-order valence-electron chi connectivity index (χ3n) is 7.07. The van der Waals surface area contributed by atoms with Crippen LogP contribution in [0.2, 0.25) is 5.02 Å². The second-order valence-corrected chi connectivity index (χ2v) is 9.72. The molecule has 1 aliphatic heterocycles. The van der Waals surface area contributed by atoms with Crippen LogP contribution in [0.15, 0.2) is 48.5 Å². The number of nitrogens with zero attached hydrogens (tertiary/aromatic N) is 2. The van der Waals surface area contributed by atoms with Crippen molar-refractivity contribution in [3.05, 3.63) is 64.8 Å². The van der Waals surface area contributed by atoms with Gasteiger partial charge < -0.3 is 19.5 Å². The molecular formula is C26H28ClN3O3. The van der Waals surface area contributed by atoms with Crippen molar-refractivity contribution < 1.29 is 14.3 Å². The van der Waals surface area contributed by atoms with E-state index in [4.69, 9.17) is 16.3 Å². The number of methoxy groups -OCH3 is 1. The van der Waals surface area contributed by atoms with E-state index in [0.29, 0.717) is 23.8 Å². The van der Waals surface area contributed by atoms with Crippen molar-refractivity contribution in [2.24, 2.45) is 0 Å². The number of hydrogen-bond donors (Lipinski definition) is 1. The summed E-state index contributed by atoms with van der Waals surface area (Å²) >= 11 is 6.06. The molecule has 172 valence electrons. The molecule has 1 fully saturated rings. The average Bonchev–Trinajstić information content (AvgIpc) is 3.45. The van der Waals surface area contributed by atoms with Crippen LogP contribution in [0.1, 0.15) is 48.7 Å². The Labute approximate surface area is 198 Å². The summed E-state index contributed by atoms with van der Waals surface area (Å²) in [7, 11) is 1.62. The van der Waals surface area contributed by atoms with Crippen molar-refractivity contribution in [3.8, 4) is 5.75 Å². The van der Waals surface area contributed by atoms with Crippen molar-refractivity contribution in [2.75, 3.05) is 7.11 Å². The molecule has 2 aliphatic rings. The van der Waals surface area contributed by atoms with E-state index in [2.05, 4.69) is 5.32 Å². The van der Waals surface area contributed by atoms with E-state index in [1.165, 1.54) is 0 Å². The zero-order chi connectivity index (χ0) is 23.2. The van der Waals surface area contributed by atoms with Gasteiger partial charge in [-0.25, -0.2) is 0 Å². The van der Waals surface area contributed by atoms with Crippen LogP contribution in [0, 0.1) is 0 Å². The van der Waals surface area contributed by atoms with E-state index < -0.39 is 5.54 Å². The van der Waals surface area contributed by atoms with E-state index in [9.17, 15) is 9.59 Å². The molecule has 2 heterocycles. The number of halogens is 1. The topological polar surface area (TPSA) is 63.6 Å². The number of rotatable bonds is 5. The van der Waals surface area contributed by atoms with Crippen molar-refractivity contribution in [3.63, 3.8) is 0 Å². The summed E-state index contributed by atoms with van der Waals surface area (Å²) in [6, 6.07) is 15.3. The highest BCUT2D eigenvalue weighted by Crippen LogP contribution is 2.35. The van der Waals surface area contributed by atoms with Crippen LogP contribution in [0.4, 0.5) is 0 Å². The summed E-state index contributed by atoms with van der Waals surface area (Å²) in [6.07, 6.45) is 4.23. The molecule has 0 radical (unpaired) electrons. The number of ether oxygens (including phenoxy) is 1. The van der Waals surface area contributed by atoms with Crippen molar-refractivity contribution >= 4 is 34.3 Å². The maximum Gasteiger partial charge on any atom is 0.271 e. The molecule has 1 N–H and O–H groups in total. The predicted molar refractivity (Wildman–Crippen MR) is 129 cm³/mol. The van der Waals surface area contributed by atoms with Crippen LogP contribution in [0.25, 0.3) is 10.9 Å². The van der Waals surface area contributed by atoms with Crippen LogP contribution < -0.4 is 10.1 Å². The Kier molecular flexibility index (Phi) is 5.57. The van der Waals surface area contributed by atoms with Gasteiger partial charge in [0.2, 0.25) is 5.91 Å². The normalized spacial score (nSPS) is 20.8. The minimum Gasteiger partial charge on any atom is -0.497 e. The zero-order valence-corrected chi connectivity index (χ0v) is 19.7. The van der Waals surface area contributed by atoms with Gasteiger partial charge in [0.15, 0.2) is 0 Å². The Balaban J connectivity index is 1.58. The van der Waals surface area contributed by atoms with Crippen LogP contribution in [0.5, 0.6) is 5.75 Å². The third kappa shape index (κ3) is 3.86. The number of aromatic nitrogens is 1. The maximum atomic E-state index is 13.8. The molecule has 2 amide bonds. The van der Waals surface area contributed by atoms with Gasteiger partial charge >= 0.3 is 0 Å². The Morgan fingerprint density at radius 1 is 1.15 bits per heavy atom. The first kappa shape index (κ1) is 21.8. The average molecular weight is 466 g/mol. The van der Waals surface area contributed by atoms with Crippen molar-refractivity contribution in [1.29, 1.82) is 0 Å². The summed E-state index contributed by atoms with van der Waals surface area (Å²) in [4.78, 5) is 29.3.